The molecule has 1 aromatic carbocycles. The third-order valence-corrected chi connectivity index (χ3v) is 4.40. The second-order valence-corrected chi connectivity index (χ2v) is 5.78. The van der Waals surface area contributed by atoms with Crippen LogP contribution in [-0.4, -0.2) is 16.7 Å². The highest BCUT2D eigenvalue weighted by molar-refractivity contribution is 6.52. The lowest BCUT2D eigenvalue weighted by atomic mass is 10.1. The van der Waals surface area contributed by atoms with E-state index in [1.54, 1.807) is 18.2 Å². The summed E-state index contributed by atoms with van der Waals surface area (Å²) in [6, 6.07) is 6.44. The van der Waals surface area contributed by atoms with Crippen LogP contribution < -0.4 is 5.32 Å². The van der Waals surface area contributed by atoms with Crippen LogP contribution in [0.15, 0.2) is 24.3 Å². The van der Waals surface area contributed by atoms with E-state index in [1.807, 2.05) is 0 Å². The summed E-state index contributed by atoms with van der Waals surface area (Å²) in [5, 5.41) is 2.27. The number of benzene rings is 1. The summed E-state index contributed by atoms with van der Waals surface area (Å²) < 4.78 is 0. The van der Waals surface area contributed by atoms with Crippen LogP contribution in [0.4, 0.5) is 5.69 Å². The highest BCUT2D eigenvalue weighted by Crippen LogP contribution is 2.36. The van der Waals surface area contributed by atoms with Gasteiger partial charge < -0.3 is 5.32 Å². The molecule has 0 saturated heterocycles. The minimum absolute atomic E-state index is 0.0246. The zero-order chi connectivity index (χ0) is 16.4. The van der Waals surface area contributed by atoms with Gasteiger partial charge in [-0.05, 0) is 19.1 Å². The molecule has 1 aromatic heterocycles. The fourth-order valence-electron chi connectivity index (χ4n) is 1.64. The Labute approximate surface area is 146 Å². The smallest absolute Gasteiger partial charge is 0.275 e. The third kappa shape index (κ3) is 3.52. The summed E-state index contributed by atoms with van der Waals surface area (Å²) >= 11 is 23.4. The predicted octanol–water partition coefficient (Wildman–Crippen LogP) is 5.15. The SMILES string of the molecule is CC(=O)c1cccc(NC(=O)c2nc(Cl)c(Cl)c(Cl)c2Cl)c1. The Hall–Kier alpha value is -1.33. The second-order valence-electron chi connectivity index (χ2n) is 4.28. The molecule has 8 heteroatoms. The van der Waals surface area contributed by atoms with Gasteiger partial charge in [0.1, 0.15) is 10.8 Å². The Morgan fingerprint density at radius 3 is 2.36 bits per heavy atom. The number of Topliss-reactive ketones (excluding diaryl/α,β-unsaturated/α-hetero) is 1. The van der Waals surface area contributed by atoms with E-state index >= 15 is 0 Å². The number of carbonyl (C=O) groups is 2. The van der Waals surface area contributed by atoms with E-state index in [1.165, 1.54) is 13.0 Å². The van der Waals surface area contributed by atoms with Gasteiger partial charge in [0.2, 0.25) is 0 Å². The van der Waals surface area contributed by atoms with Crippen molar-refractivity contribution in [2.45, 2.75) is 6.92 Å². The van der Waals surface area contributed by atoms with Crippen molar-refractivity contribution >= 4 is 63.8 Å². The number of pyridine rings is 1. The zero-order valence-corrected chi connectivity index (χ0v) is 14.1. The van der Waals surface area contributed by atoms with Gasteiger partial charge in [-0.3, -0.25) is 9.59 Å². The zero-order valence-electron chi connectivity index (χ0n) is 11.1. The van der Waals surface area contributed by atoms with Crippen LogP contribution in [0.5, 0.6) is 0 Å². The van der Waals surface area contributed by atoms with Crippen molar-refractivity contribution in [2.75, 3.05) is 5.32 Å². The Morgan fingerprint density at radius 2 is 1.73 bits per heavy atom. The number of amides is 1. The molecule has 0 unspecified atom stereocenters. The Kier molecular flexibility index (Phi) is 5.29. The maximum Gasteiger partial charge on any atom is 0.275 e. The summed E-state index contributed by atoms with van der Waals surface area (Å²) in [7, 11) is 0. The van der Waals surface area contributed by atoms with Crippen molar-refractivity contribution < 1.29 is 9.59 Å². The maximum absolute atomic E-state index is 12.2. The molecule has 0 spiro atoms. The van der Waals surface area contributed by atoms with Crippen LogP contribution in [0.1, 0.15) is 27.8 Å². The first-order valence-corrected chi connectivity index (χ1v) is 7.44. The second kappa shape index (κ2) is 6.84. The summed E-state index contributed by atoms with van der Waals surface area (Å²) in [6.45, 7) is 1.43. The van der Waals surface area contributed by atoms with E-state index in [-0.39, 0.29) is 31.7 Å². The van der Waals surface area contributed by atoms with Gasteiger partial charge in [0, 0.05) is 11.3 Å². The molecule has 0 aliphatic heterocycles. The van der Waals surface area contributed by atoms with Gasteiger partial charge in [-0.15, -0.1) is 0 Å². The molecule has 114 valence electrons. The quantitative estimate of drug-likeness (QED) is 0.594. The fraction of sp³-hybridized carbons (Fsp3) is 0.0714. The predicted molar refractivity (Wildman–Crippen MR) is 88.7 cm³/mol. The third-order valence-electron chi connectivity index (χ3n) is 2.73. The van der Waals surface area contributed by atoms with Gasteiger partial charge >= 0.3 is 0 Å². The number of nitrogens with zero attached hydrogens (tertiary/aromatic N) is 1. The van der Waals surface area contributed by atoms with E-state index < -0.39 is 5.91 Å². The molecule has 0 aliphatic rings. The molecule has 0 fully saturated rings. The lowest BCUT2D eigenvalue weighted by Crippen LogP contribution is -2.15. The van der Waals surface area contributed by atoms with E-state index in [0.717, 1.165) is 0 Å². The molecule has 1 amide bonds. The van der Waals surface area contributed by atoms with Gasteiger partial charge in [-0.1, -0.05) is 58.5 Å². The summed E-state index contributed by atoms with van der Waals surface area (Å²) in [5.74, 6) is -0.740. The lowest BCUT2D eigenvalue weighted by Gasteiger charge is -2.09. The Balaban J connectivity index is 2.34. The van der Waals surface area contributed by atoms with Crippen LogP contribution in [0.25, 0.3) is 0 Å². The molecule has 1 heterocycles. The van der Waals surface area contributed by atoms with Crippen molar-refractivity contribution in [1.82, 2.24) is 4.98 Å². The first-order chi connectivity index (χ1) is 10.3. The first-order valence-electron chi connectivity index (χ1n) is 5.93. The molecule has 22 heavy (non-hydrogen) atoms. The van der Waals surface area contributed by atoms with E-state index in [0.29, 0.717) is 11.3 Å². The highest BCUT2D eigenvalue weighted by atomic mass is 35.5. The van der Waals surface area contributed by atoms with Crippen LogP contribution in [0, 0.1) is 0 Å². The van der Waals surface area contributed by atoms with E-state index in [4.69, 9.17) is 46.4 Å². The van der Waals surface area contributed by atoms with E-state index in [9.17, 15) is 9.59 Å². The molecule has 4 nitrogen and oxygen atoms in total. The molecule has 0 radical (unpaired) electrons. The number of hydrogen-bond donors (Lipinski definition) is 1. The molecule has 0 saturated carbocycles. The molecular formula is C14H8Cl4N2O2. The lowest BCUT2D eigenvalue weighted by molar-refractivity contribution is 0.100. The number of halogens is 4. The Morgan fingerprint density at radius 1 is 1.05 bits per heavy atom. The van der Waals surface area contributed by atoms with Crippen molar-refractivity contribution in [1.29, 1.82) is 0 Å². The number of anilines is 1. The minimum atomic E-state index is -0.619. The highest BCUT2D eigenvalue weighted by Gasteiger charge is 2.20. The summed E-state index contributed by atoms with van der Waals surface area (Å²) in [6.07, 6.45) is 0. The molecule has 2 rings (SSSR count). The molecule has 0 atom stereocenters. The molecule has 0 bridgehead atoms. The average Bonchev–Trinajstić information content (AvgIpc) is 2.49. The number of ketones is 1. The van der Waals surface area contributed by atoms with Gasteiger partial charge in [0.25, 0.3) is 5.91 Å². The van der Waals surface area contributed by atoms with Gasteiger partial charge in [0.15, 0.2) is 5.78 Å². The van der Waals surface area contributed by atoms with Gasteiger partial charge in [-0.2, -0.15) is 0 Å². The number of aromatic nitrogens is 1. The first kappa shape index (κ1) is 17.0. The van der Waals surface area contributed by atoms with Gasteiger partial charge in [-0.25, -0.2) is 4.98 Å². The van der Waals surface area contributed by atoms with Crippen LogP contribution >= 0.6 is 46.4 Å². The van der Waals surface area contributed by atoms with Crippen LogP contribution in [0.2, 0.25) is 20.2 Å². The average molecular weight is 378 g/mol. The topological polar surface area (TPSA) is 59.1 Å². The summed E-state index contributed by atoms with van der Waals surface area (Å²) in [5.41, 5.74) is 0.719. The monoisotopic (exact) mass is 376 g/mol. The Bertz CT molecular complexity index is 778. The molecular weight excluding hydrogens is 370 g/mol. The number of nitrogens with one attached hydrogen (secondary N) is 1. The fourth-order valence-corrected chi connectivity index (χ4v) is 2.46. The largest absolute Gasteiger partial charge is 0.321 e. The van der Waals surface area contributed by atoms with Crippen LogP contribution in [-0.2, 0) is 0 Å². The van der Waals surface area contributed by atoms with Crippen LogP contribution in [0.3, 0.4) is 0 Å². The maximum atomic E-state index is 12.2. The molecule has 1 N–H and O–H groups in total. The molecule has 0 aliphatic carbocycles. The minimum Gasteiger partial charge on any atom is -0.321 e. The standard InChI is InChI=1S/C14H8Cl4N2O2/c1-6(21)7-3-2-4-8(5-7)19-14(22)12-10(16)9(15)11(17)13(18)20-12/h2-5H,1H3,(H,19,22). The molecule has 2 aromatic rings. The van der Waals surface area contributed by atoms with Crippen molar-refractivity contribution in [3.63, 3.8) is 0 Å². The normalized spacial score (nSPS) is 10.4. The van der Waals surface area contributed by atoms with Crippen molar-refractivity contribution in [2.24, 2.45) is 0 Å². The number of carbonyl (C=O) groups excluding carboxylic acids is 2. The van der Waals surface area contributed by atoms with Crippen molar-refractivity contribution in [3.05, 3.63) is 55.7 Å². The van der Waals surface area contributed by atoms with Crippen molar-refractivity contribution in [3.8, 4) is 0 Å². The van der Waals surface area contributed by atoms with Gasteiger partial charge in [0.05, 0.1) is 15.1 Å². The summed E-state index contributed by atoms with van der Waals surface area (Å²) in [4.78, 5) is 27.4. The van der Waals surface area contributed by atoms with E-state index in [2.05, 4.69) is 10.3 Å². The number of rotatable bonds is 3. The number of hydrogen-bond acceptors (Lipinski definition) is 3.